The van der Waals surface area contributed by atoms with Gasteiger partial charge in [-0.05, 0) is 42.3 Å². The van der Waals surface area contributed by atoms with Crippen LogP contribution in [0.4, 0.5) is 5.82 Å². The predicted octanol–water partition coefficient (Wildman–Crippen LogP) is 3.29. The standard InChI is InChI=1S/C17H19ClN6/c18-17-21-15-14(19-11-20-15)16(22-17)23-24-8-6-13(7-9-24)10-12-4-2-1-3-5-12/h1-5,11,13H,6-10H2,(H2,19,20,21,22,23). The van der Waals surface area contributed by atoms with Gasteiger partial charge in [0.05, 0.1) is 6.33 Å². The number of benzene rings is 1. The van der Waals surface area contributed by atoms with Crippen molar-refractivity contribution in [1.82, 2.24) is 24.9 Å². The largest absolute Gasteiger partial charge is 0.329 e. The van der Waals surface area contributed by atoms with Crippen LogP contribution in [0.15, 0.2) is 36.7 Å². The van der Waals surface area contributed by atoms with E-state index >= 15 is 0 Å². The summed E-state index contributed by atoms with van der Waals surface area (Å²) >= 11 is 5.98. The van der Waals surface area contributed by atoms with Crippen molar-refractivity contribution in [2.45, 2.75) is 19.3 Å². The third-order valence-electron chi connectivity index (χ3n) is 4.50. The number of imidazole rings is 1. The fourth-order valence-electron chi connectivity index (χ4n) is 3.23. The summed E-state index contributed by atoms with van der Waals surface area (Å²) in [5.74, 6) is 1.39. The van der Waals surface area contributed by atoms with Crippen LogP contribution in [0.3, 0.4) is 0 Å². The molecule has 1 aromatic carbocycles. The Kier molecular flexibility index (Phi) is 4.32. The van der Waals surface area contributed by atoms with Crippen molar-refractivity contribution in [1.29, 1.82) is 0 Å². The second-order valence-corrected chi connectivity index (χ2v) is 6.51. The van der Waals surface area contributed by atoms with Gasteiger partial charge in [-0.2, -0.15) is 9.97 Å². The molecule has 0 spiro atoms. The maximum Gasteiger partial charge on any atom is 0.226 e. The minimum Gasteiger partial charge on any atom is -0.329 e. The van der Waals surface area contributed by atoms with Crippen LogP contribution >= 0.6 is 11.6 Å². The Morgan fingerprint density at radius 1 is 1.17 bits per heavy atom. The SMILES string of the molecule is Clc1nc(NN2CCC(Cc3ccccc3)CC2)c2nc[nH]c2n1. The highest BCUT2D eigenvalue weighted by Gasteiger charge is 2.21. The number of nitrogens with one attached hydrogen (secondary N) is 2. The molecule has 124 valence electrons. The van der Waals surface area contributed by atoms with Crippen molar-refractivity contribution in [2.24, 2.45) is 5.92 Å². The van der Waals surface area contributed by atoms with Gasteiger partial charge < -0.3 is 10.4 Å². The zero-order chi connectivity index (χ0) is 16.4. The molecule has 7 heteroatoms. The predicted molar refractivity (Wildman–Crippen MR) is 94.8 cm³/mol. The first kappa shape index (κ1) is 15.4. The first-order valence-corrected chi connectivity index (χ1v) is 8.58. The quantitative estimate of drug-likeness (QED) is 0.712. The summed E-state index contributed by atoms with van der Waals surface area (Å²) in [6.07, 6.45) is 5.07. The number of aromatic amines is 1. The van der Waals surface area contributed by atoms with E-state index in [0.29, 0.717) is 17.0 Å². The molecule has 0 aliphatic carbocycles. The third kappa shape index (κ3) is 3.34. The van der Waals surface area contributed by atoms with Gasteiger partial charge in [0.2, 0.25) is 5.28 Å². The molecule has 1 aliphatic rings. The second kappa shape index (κ2) is 6.75. The fourth-order valence-corrected chi connectivity index (χ4v) is 3.40. The Bertz CT molecular complexity index is 810. The topological polar surface area (TPSA) is 69.7 Å². The number of aromatic nitrogens is 4. The number of hydrazine groups is 1. The molecule has 0 atom stereocenters. The Hall–Kier alpha value is -2.18. The van der Waals surface area contributed by atoms with Crippen LogP contribution in [0, 0.1) is 5.92 Å². The summed E-state index contributed by atoms with van der Waals surface area (Å²) in [4.78, 5) is 15.6. The van der Waals surface area contributed by atoms with E-state index < -0.39 is 0 Å². The molecule has 1 aliphatic heterocycles. The van der Waals surface area contributed by atoms with E-state index in [1.807, 2.05) is 0 Å². The van der Waals surface area contributed by atoms with Gasteiger partial charge in [-0.15, -0.1) is 0 Å². The van der Waals surface area contributed by atoms with Gasteiger partial charge in [0.1, 0.15) is 0 Å². The lowest BCUT2D eigenvalue weighted by Gasteiger charge is -2.32. The molecule has 0 bridgehead atoms. The molecule has 6 nitrogen and oxygen atoms in total. The second-order valence-electron chi connectivity index (χ2n) is 6.17. The van der Waals surface area contributed by atoms with Crippen molar-refractivity contribution < 1.29 is 0 Å². The number of fused-ring (bicyclic) bond motifs is 1. The molecule has 3 heterocycles. The summed E-state index contributed by atoms with van der Waals surface area (Å²) in [6, 6.07) is 10.7. The molecular weight excluding hydrogens is 324 g/mol. The van der Waals surface area contributed by atoms with Crippen molar-refractivity contribution >= 4 is 28.6 Å². The summed E-state index contributed by atoms with van der Waals surface area (Å²) in [6.45, 7) is 1.95. The highest BCUT2D eigenvalue weighted by Crippen LogP contribution is 2.24. The number of hydrogen-bond acceptors (Lipinski definition) is 5. The number of anilines is 1. The highest BCUT2D eigenvalue weighted by molar-refractivity contribution is 6.28. The summed E-state index contributed by atoms with van der Waals surface area (Å²) in [7, 11) is 0. The Labute approximate surface area is 145 Å². The molecule has 2 aromatic heterocycles. The van der Waals surface area contributed by atoms with Crippen LogP contribution in [0.5, 0.6) is 0 Å². The highest BCUT2D eigenvalue weighted by atomic mass is 35.5. The molecule has 3 aromatic rings. The molecule has 0 amide bonds. The van der Waals surface area contributed by atoms with E-state index in [4.69, 9.17) is 11.6 Å². The lowest BCUT2D eigenvalue weighted by Crippen LogP contribution is -2.38. The molecule has 1 saturated heterocycles. The smallest absolute Gasteiger partial charge is 0.226 e. The van der Waals surface area contributed by atoms with E-state index in [1.54, 1.807) is 6.33 Å². The van der Waals surface area contributed by atoms with Crippen molar-refractivity contribution in [2.75, 3.05) is 18.5 Å². The molecule has 1 fully saturated rings. The van der Waals surface area contributed by atoms with Crippen LogP contribution in [0.2, 0.25) is 5.28 Å². The Morgan fingerprint density at radius 3 is 2.75 bits per heavy atom. The molecule has 4 rings (SSSR count). The van der Waals surface area contributed by atoms with E-state index in [-0.39, 0.29) is 5.28 Å². The number of H-pyrrole nitrogens is 1. The van der Waals surface area contributed by atoms with Gasteiger partial charge >= 0.3 is 0 Å². The maximum atomic E-state index is 5.98. The zero-order valence-corrected chi connectivity index (χ0v) is 14.0. The van der Waals surface area contributed by atoms with Crippen LogP contribution in [-0.4, -0.2) is 38.0 Å². The number of piperidine rings is 1. The average Bonchev–Trinajstić information content (AvgIpc) is 3.06. The van der Waals surface area contributed by atoms with Gasteiger partial charge in [0, 0.05) is 13.1 Å². The molecule has 2 N–H and O–H groups in total. The molecule has 24 heavy (non-hydrogen) atoms. The maximum absolute atomic E-state index is 5.98. The zero-order valence-electron chi connectivity index (χ0n) is 13.2. The molecule has 0 radical (unpaired) electrons. The van der Waals surface area contributed by atoms with Crippen molar-refractivity contribution in [3.8, 4) is 0 Å². The van der Waals surface area contributed by atoms with Gasteiger partial charge in [-0.1, -0.05) is 30.3 Å². The van der Waals surface area contributed by atoms with E-state index in [1.165, 1.54) is 5.56 Å². The van der Waals surface area contributed by atoms with E-state index in [0.717, 1.165) is 38.3 Å². The van der Waals surface area contributed by atoms with Gasteiger partial charge in [0.25, 0.3) is 0 Å². The first-order valence-electron chi connectivity index (χ1n) is 8.20. The molecule has 0 saturated carbocycles. The molecule has 0 unspecified atom stereocenters. The van der Waals surface area contributed by atoms with Crippen LogP contribution < -0.4 is 5.43 Å². The monoisotopic (exact) mass is 342 g/mol. The fraction of sp³-hybridized carbons (Fsp3) is 0.353. The number of rotatable bonds is 4. The third-order valence-corrected chi connectivity index (χ3v) is 4.67. The van der Waals surface area contributed by atoms with Crippen molar-refractivity contribution in [3.05, 3.63) is 47.5 Å². The van der Waals surface area contributed by atoms with Crippen LogP contribution in [-0.2, 0) is 6.42 Å². The van der Waals surface area contributed by atoms with E-state index in [2.05, 4.69) is 60.7 Å². The number of nitrogens with zero attached hydrogens (tertiary/aromatic N) is 4. The summed E-state index contributed by atoms with van der Waals surface area (Å²) in [5, 5.41) is 2.40. The lowest BCUT2D eigenvalue weighted by molar-refractivity contribution is 0.216. The Morgan fingerprint density at radius 2 is 1.96 bits per heavy atom. The van der Waals surface area contributed by atoms with E-state index in [9.17, 15) is 0 Å². The average molecular weight is 343 g/mol. The summed E-state index contributed by atoms with van der Waals surface area (Å²) < 4.78 is 0. The normalized spacial score (nSPS) is 16.5. The first-order chi connectivity index (χ1) is 11.8. The van der Waals surface area contributed by atoms with Crippen molar-refractivity contribution in [3.63, 3.8) is 0 Å². The number of halogens is 1. The van der Waals surface area contributed by atoms with Crippen LogP contribution in [0.1, 0.15) is 18.4 Å². The van der Waals surface area contributed by atoms with Crippen LogP contribution in [0.25, 0.3) is 11.2 Å². The Balaban J connectivity index is 1.38. The molecular formula is C17H19ClN6. The number of hydrogen-bond donors (Lipinski definition) is 2. The minimum absolute atomic E-state index is 0.216. The van der Waals surface area contributed by atoms with Gasteiger partial charge in [0.15, 0.2) is 17.0 Å². The summed E-state index contributed by atoms with van der Waals surface area (Å²) in [5.41, 5.74) is 6.13. The lowest BCUT2D eigenvalue weighted by atomic mass is 9.91. The minimum atomic E-state index is 0.216. The van der Waals surface area contributed by atoms with Gasteiger partial charge in [-0.3, -0.25) is 0 Å². The van der Waals surface area contributed by atoms with Gasteiger partial charge in [-0.25, -0.2) is 9.99 Å².